The Morgan fingerprint density at radius 2 is 1.76 bits per heavy atom. The predicted octanol–water partition coefficient (Wildman–Crippen LogP) is 8.66. The number of benzene rings is 2. The number of halogens is 1. The van der Waals surface area contributed by atoms with Gasteiger partial charge < -0.3 is 15.7 Å². The number of nitrogens with zero attached hydrogens (tertiary/aromatic N) is 1. The van der Waals surface area contributed by atoms with E-state index in [0.29, 0.717) is 28.3 Å². The number of anilines is 3. The van der Waals surface area contributed by atoms with E-state index < -0.39 is 5.83 Å². The first-order valence-corrected chi connectivity index (χ1v) is 12.7. The fourth-order valence-electron chi connectivity index (χ4n) is 3.67. The van der Waals surface area contributed by atoms with Gasteiger partial charge in [-0.15, -0.1) is 0 Å². The molecule has 0 aliphatic rings. The van der Waals surface area contributed by atoms with Gasteiger partial charge in [-0.2, -0.15) is 0 Å². The molecule has 0 spiro atoms. The molecule has 0 aliphatic carbocycles. The van der Waals surface area contributed by atoms with E-state index in [0.717, 1.165) is 23.1 Å². The minimum absolute atomic E-state index is 0.0432. The number of aromatic hydroxyl groups is 1. The van der Waals surface area contributed by atoms with Gasteiger partial charge in [-0.1, -0.05) is 59.4 Å². The van der Waals surface area contributed by atoms with Crippen LogP contribution in [0, 0.1) is 20.8 Å². The van der Waals surface area contributed by atoms with Crippen LogP contribution in [0.15, 0.2) is 55.3 Å². The maximum Gasteiger partial charge on any atom is 0.247 e. The lowest BCUT2D eigenvalue weighted by Gasteiger charge is -2.15. The average molecular weight is 506 g/mol. The van der Waals surface area contributed by atoms with Gasteiger partial charge in [-0.05, 0) is 85.4 Å². The van der Waals surface area contributed by atoms with E-state index in [1.54, 1.807) is 31.3 Å². The number of aromatic nitrogens is 1. The highest BCUT2D eigenvalue weighted by Gasteiger charge is 2.16. The molecule has 0 unspecified atom stereocenters. The maximum atomic E-state index is 15.2. The summed E-state index contributed by atoms with van der Waals surface area (Å²) in [4.78, 5) is 16.1. The molecule has 37 heavy (non-hydrogen) atoms. The number of rotatable bonds is 7. The molecule has 3 N–H and O–H groups in total. The summed E-state index contributed by atoms with van der Waals surface area (Å²) in [5.41, 5.74) is 5.39. The zero-order valence-corrected chi connectivity index (χ0v) is 23.3. The number of hydrogen-bond donors (Lipinski definition) is 3. The van der Waals surface area contributed by atoms with Crippen molar-refractivity contribution in [3.8, 4) is 5.75 Å². The first-order valence-electron chi connectivity index (χ1n) is 12.7. The highest BCUT2D eigenvalue weighted by molar-refractivity contribution is 6.01. The van der Waals surface area contributed by atoms with Crippen LogP contribution in [0.1, 0.15) is 68.0 Å². The summed E-state index contributed by atoms with van der Waals surface area (Å²) in [6.45, 7) is 19.0. The Balaban J connectivity index is 0.00000163. The summed E-state index contributed by atoms with van der Waals surface area (Å²) < 4.78 is 15.2. The van der Waals surface area contributed by atoms with Gasteiger partial charge in [-0.25, -0.2) is 9.37 Å². The van der Waals surface area contributed by atoms with Gasteiger partial charge in [0, 0.05) is 6.20 Å². The SMILES string of the molecule is C=CC(=O)Nc1cccc(C)c1Nc1ccc(/C=C(\F)c2c(C)c(CC)cc(C)c2O)cn1.CC.CC. The molecule has 3 aromatic rings. The highest BCUT2D eigenvalue weighted by atomic mass is 19.1. The van der Waals surface area contributed by atoms with Crippen LogP contribution >= 0.6 is 0 Å². The van der Waals surface area contributed by atoms with Crippen molar-refractivity contribution in [2.75, 3.05) is 10.6 Å². The third-order valence-corrected chi connectivity index (χ3v) is 5.53. The molecule has 198 valence electrons. The largest absolute Gasteiger partial charge is 0.507 e. The number of hydrogen-bond acceptors (Lipinski definition) is 4. The number of para-hydroxylation sites is 1. The number of pyridine rings is 1. The highest BCUT2D eigenvalue weighted by Crippen LogP contribution is 2.36. The number of phenolic OH excluding ortho intramolecular Hbond substituents is 1. The fraction of sp³-hybridized carbons (Fsp3) is 0.290. The van der Waals surface area contributed by atoms with Crippen LogP contribution in [-0.4, -0.2) is 16.0 Å². The van der Waals surface area contributed by atoms with Crippen LogP contribution in [-0.2, 0) is 11.2 Å². The van der Waals surface area contributed by atoms with Crippen LogP contribution in [0.3, 0.4) is 0 Å². The minimum atomic E-state index is -0.515. The second-order valence-corrected chi connectivity index (χ2v) is 7.84. The van der Waals surface area contributed by atoms with E-state index >= 15 is 4.39 Å². The Morgan fingerprint density at radius 1 is 1.08 bits per heavy atom. The molecule has 0 atom stereocenters. The molecule has 0 saturated heterocycles. The molecule has 6 heteroatoms. The van der Waals surface area contributed by atoms with Crippen molar-refractivity contribution < 1.29 is 14.3 Å². The molecule has 0 aliphatic heterocycles. The first kappa shape index (κ1) is 31.1. The molecule has 0 radical (unpaired) electrons. The Kier molecular flexibility index (Phi) is 12.8. The Bertz CT molecular complexity index is 1230. The fourth-order valence-corrected chi connectivity index (χ4v) is 3.67. The molecular weight excluding hydrogens is 465 g/mol. The van der Waals surface area contributed by atoms with Gasteiger partial charge in [0.25, 0.3) is 0 Å². The average Bonchev–Trinajstić information content (AvgIpc) is 2.91. The van der Waals surface area contributed by atoms with Crippen LogP contribution in [0.5, 0.6) is 5.75 Å². The summed E-state index contributed by atoms with van der Waals surface area (Å²) in [7, 11) is 0. The summed E-state index contributed by atoms with van der Waals surface area (Å²) >= 11 is 0. The lowest BCUT2D eigenvalue weighted by molar-refractivity contribution is -0.111. The molecule has 1 aromatic heterocycles. The summed E-state index contributed by atoms with van der Waals surface area (Å²) in [5, 5.41) is 16.4. The number of nitrogens with one attached hydrogen (secondary N) is 2. The number of phenols is 1. The Labute approximate surface area is 221 Å². The van der Waals surface area contributed by atoms with Crippen molar-refractivity contribution in [2.24, 2.45) is 0 Å². The van der Waals surface area contributed by atoms with E-state index in [1.165, 1.54) is 12.2 Å². The van der Waals surface area contributed by atoms with Crippen molar-refractivity contribution in [3.05, 3.63) is 88.6 Å². The number of amides is 1. The quantitative estimate of drug-likeness (QED) is 0.281. The van der Waals surface area contributed by atoms with Crippen LogP contribution in [0.25, 0.3) is 11.9 Å². The molecule has 2 aromatic carbocycles. The zero-order chi connectivity index (χ0) is 28.1. The summed E-state index contributed by atoms with van der Waals surface area (Å²) in [6.07, 6.45) is 4.87. The Hall–Kier alpha value is -3.93. The second-order valence-electron chi connectivity index (χ2n) is 7.84. The number of carbonyl (C=O) groups is 1. The second kappa shape index (κ2) is 15.2. The first-order chi connectivity index (χ1) is 17.7. The third-order valence-electron chi connectivity index (χ3n) is 5.53. The van der Waals surface area contributed by atoms with E-state index in [9.17, 15) is 9.90 Å². The van der Waals surface area contributed by atoms with Gasteiger partial charge >= 0.3 is 0 Å². The predicted molar refractivity (Wildman–Crippen MR) is 156 cm³/mol. The molecule has 3 rings (SSSR count). The topological polar surface area (TPSA) is 74.2 Å². The molecule has 5 nitrogen and oxygen atoms in total. The van der Waals surface area contributed by atoms with Crippen molar-refractivity contribution in [3.63, 3.8) is 0 Å². The van der Waals surface area contributed by atoms with Crippen LogP contribution < -0.4 is 10.6 Å². The molecule has 1 heterocycles. The van der Waals surface area contributed by atoms with Crippen molar-refractivity contribution >= 4 is 35.0 Å². The smallest absolute Gasteiger partial charge is 0.247 e. The van der Waals surface area contributed by atoms with E-state index in [1.807, 2.05) is 66.7 Å². The zero-order valence-electron chi connectivity index (χ0n) is 23.3. The maximum absolute atomic E-state index is 15.2. The van der Waals surface area contributed by atoms with Crippen LogP contribution in [0.2, 0.25) is 0 Å². The van der Waals surface area contributed by atoms with Crippen molar-refractivity contribution in [1.29, 1.82) is 0 Å². The monoisotopic (exact) mass is 505 g/mol. The van der Waals surface area contributed by atoms with Gasteiger partial charge in [0.05, 0.1) is 16.9 Å². The Morgan fingerprint density at radius 3 is 2.32 bits per heavy atom. The molecular formula is C31H40FN3O2. The van der Waals surface area contributed by atoms with E-state index in [4.69, 9.17) is 0 Å². The lowest BCUT2D eigenvalue weighted by Crippen LogP contribution is -2.10. The molecule has 1 amide bonds. The normalized spacial score (nSPS) is 10.4. The van der Waals surface area contributed by atoms with Crippen molar-refractivity contribution in [1.82, 2.24) is 4.98 Å². The van der Waals surface area contributed by atoms with Gasteiger partial charge in [0.15, 0.2) is 0 Å². The summed E-state index contributed by atoms with van der Waals surface area (Å²) in [5.74, 6) is -0.329. The van der Waals surface area contributed by atoms with Crippen LogP contribution in [0.4, 0.5) is 21.6 Å². The van der Waals surface area contributed by atoms with E-state index in [2.05, 4.69) is 22.2 Å². The standard InChI is InChI=1S/C27H28FN3O2.2C2H6/c1-6-20-13-17(4)27(33)25(18(20)5)21(28)14-19-11-12-23(29-15-19)31-26-16(3)9-8-10-22(26)30-24(32)7-2;2*1-2/h7-15,33H,2,6H2,1,3-5H3,(H,29,31)(H,30,32);2*1-2H3/b21-14-;;. The van der Waals surface area contributed by atoms with Gasteiger partial charge in [-0.3, -0.25) is 4.79 Å². The van der Waals surface area contributed by atoms with Gasteiger partial charge in [0.1, 0.15) is 17.4 Å². The molecule has 0 saturated carbocycles. The van der Waals surface area contributed by atoms with Crippen molar-refractivity contribution in [2.45, 2.75) is 61.8 Å². The number of aryl methyl sites for hydroxylation is 3. The number of carbonyl (C=O) groups excluding carboxylic acids is 1. The summed E-state index contributed by atoms with van der Waals surface area (Å²) in [6, 6.07) is 10.9. The third kappa shape index (κ3) is 8.04. The van der Waals surface area contributed by atoms with E-state index in [-0.39, 0.29) is 17.2 Å². The van der Waals surface area contributed by atoms with Gasteiger partial charge in [0.2, 0.25) is 5.91 Å². The molecule has 0 fully saturated rings. The molecule has 0 bridgehead atoms. The minimum Gasteiger partial charge on any atom is -0.507 e. The lowest BCUT2D eigenvalue weighted by atomic mass is 9.95.